The molecule has 0 aliphatic rings. The number of carbonyl (C=O) groups excluding carboxylic acids is 1. The van der Waals surface area contributed by atoms with Gasteiger partial charge in [-0.1, -0.05) is 0 Å². The molecule has 2 rings (SSSR count). The van der Waals surface area contributed by atoms with E-state index in [9.17, 15) is 13.2 Å². The first-order chi connectivity index (χ1) is 12.5. The molecule has 1 amide bonds. The number of nitrogens with zero attached hydrogens (tertiary/aromatic N) is 2. The minimum atomic E-state index is -3.50. The summed E-state index contributed by atoms with van der Waals surface area (Å²) >= 11 is 0. The summed E-state index contributed by atoms with van der Waals surface area (Å²) in [5.74, 6) is -1.22. The van der Waals surface area contributed by atoms with Crippen molar-refractivity contribution in [1.82, 2.24) is 15.3 Å². The van der Waals surface area contributed by atoms with E-state index in [1.54, 1.807) is 0 Å². The largest absolute Gasteiger partial charge is 0.379 e. The van der Waals surface area contributed by atoms with Gasteiger partial charge in [-0.3, -0.25) is 25.5 Å². The molecule has 5 N–H and O–H groups in total. The Morgan fingerprint density at radius 2 is 1.75 bits per heavy atom. The van der Waals surface area contributed by atoms with Crippen molar-refractivity contribution in [2.24, 2.45) is 5.73 Å². The summed E-state index contributed by atoms with van der Waals surface area (Å²) < 4.78 is 23.6. The SMILES string of the molecule is Cc1nc(C)c(CNc2ccc(S(C)(=O)=O)cc2C(=O)NC(=N)N)nc1C.Cl. The number of anilines is 1. The average Bonchev–Trinajstić information content (AvgIpc) is 2.55. The maximum absolute atomic E-state index is 12.3. The molecule has 0 spiro atoms. The van der Waals surface area contributed by atoms with Gasteiger partial charge in [0.05, 0.1) is 39.8 Å². The van der Waals surface area contributed by atoms with E-state index in [1.165, 1.54) is 18.2 Å². The second-order valence-electron chi connectivity index (χ2n) is 6.13. The number of hydrogen-bond donors (Lipinski definition) is 4. The third-order valence-electron chi connectivity index (χ3n) is 3.94. The highest BCUT2D eigenvalue weighted by Crippen LogP contribution is 2.22. The summed E-state index contributed by atoms with van der Waals surface area (Å²) in [6.45, 7) is 5.86. The molecule has 9 nitrogen and oxygen atoms in total. The first-order valence-corrected chi connectivity index (χ1v) is 9.92. The molecule has 0 atom stereocenters. The van der Waals surface area contributed by atoms with Crippen LogP contribution in [0.3, 0.4) is 0 Å². The lowest BCUT2D eigenvalue weighted by atomic mass is 10.1. The Bertz CT molecular complexity index is 1020. The topological polar surface area (TPSA) is 151 Å². The first kappa shape index (κ1) is 23.3. The van der Waals surface area contributed by atoms with Crippen LogP contribution in [0.4, 0.5) is 5.69 Å². The Labute approximate surface area is 170 Å². The molecule has 1 aromatic heterocycles. The lowest BCUT2D eigenvalue weighted by molar-refractivity contribution is 0.0977. The maximum atomic E-state index is 12.3. The predicted octanol–water partition coefficient (Wildman–Crippen LogP) is 1.46. The van der Waals surface area contributed by atoms with Crippen molar-refractivity contribution in [2.45, 2.75) is 32.2 Å². The van der Waals surface area contributed by atoms with E-state index in [2.05, 4.69) is 20.6 Å². The molecule has 0 aliphatic carbocycles. The second kappa shape index (κ2) is 8.98. The van der Waals surface area contributed by atoms with Crippen LogP contribution in [0.2, 0.25) is 0 Å². The molecule has 0 aliphatic heterocycles. The Morgan fingerprint density at radius 1 is 1.14 bits per heavy atom. The minimum absolute atomic E-state index is 0. The van der Waals surface area contributed by atoms with Gasteiger partial charge < -0.3 is 11.1 Å². The summed E-state index contributed by atoms with van der Waals surface area (Å²) in [6.07, 6.45) is 1.05. The third-order valence-corrected chi connectivity index (χ3v) is 5.05. The van der Waals surface area contributed by atoms with Crippen molar-refractivity contribution in [2.75, 3.05) is 11.6 Å². The van der Waals surface area contributed by atoms with E-state index >= 15 is 0 Å². The molecule has 152 valence electrons. The Kier molecular flexibility index (Phi) is 7.48. The molecule has 0 bridgehead atoms. The zero-order valence-corrected chi connectivity index (χ0v) is 17.6. The van der Waals surface area contributed by atoms with Crippen molar-refractivity contribution in [1.29, 1.82) is 5.41 Å². The van der Waals surface area contributed by atoms with Gasteiger partial charge in [-0.15, -0.1) is 12.4 Å². The van der Waals surface area contributed by atoms with E-state index in [-0.39, 0.29) is 22.9 Å². The molecule has 0 unspecified atom stereocenters. The number of sulfone groups is 1. The lowest BCUT2D eigenvalue weighted by Crippen LogP contribution is -2.36. The zero-order chi connectivity index (χ0) is 20.4. The highest BCUT2D eigenvalue weighted by Gasteiger charge is 2.17. The maximum Gasteiger partial charge on any atom is 0.260 e. The molecule has 0 radical (unpaired) electrons. The molecule has 0 saturated carbocycles. The number of nitrogens with one attached hydrogen (secondary N) is 3. The second-order valence-corrected chi connectivity index (χ2v) is 8.14. The summed E-state index contributed by atoms with van der Waals surface area (Å²) in [6, 6.07) is 4.14. The average molecular weight is 427 g/mol. The molecular formula is C17H23ClN6O3S. The van der Waals surface area contributed by atoms with Gasteiger partial charge in [0.1, 0.15) is 0 Å². The lowest BCUT2D eigenvalue weighted by Gasteiger charge is -2.14. The normalized spacial score (nSPS) is 10.7. The fourth-order valence-electron chi connectivity index (χ4n) is 2.39. The number of guanidine groups is 1. The quantitative estimate of drug-likeness (QED) is 0.417. The molecule has 11 heteroatoms. The van der Waals surface area contributed by atoms with Gasteiger partial charge in [0.25, 0.3) is 5.91 Å². The van der Waals surface area contributed by atoms with Crippen molar-refractivity contribution in [3.63, 3.8) is 0 Å². The Morgan fingerprint density at radius 3 is 2.32 bits per heavy atom. The number of rotatable bonds is 5. The van der Waals surface area contributed by atoms with Crippen molar-refractivity contribution < 1.29 is 13.2 Å². The number of halogens is 1. The Hall–Kier alpha value is -2.72. The Balaban J connectivity index is 0.00000392. The van der Waals surface area contributed by atoms with E-state index in [0.717, 1.165) is 23.3 Å². The minimum Gasteiger partial charge on any atom is -0.379 e. The molecular weight excluding hydrogens is 404 g/mol. The standard InChI is InChI=1S/C17H22N6O3S.ClH/c1-9-10(2)22-15(11(3)21-9)8-20-14-6-5-12(27(4,25)26)7-13(14)16(24)23-17(18)19;/h5-7,20H,8H2,1-4H3,(H4,18,19,23,24);1H. The van der Waals surface area contributed by atoms with Crippen LogP contribution in [0.15, 0.2) is 23.1 Å². The number of nitrogens with two attached hydrogens (primary N) is 1. The van der Waals surface area contributed by atoms with Gasteiger partial charge in [-0.05, 0) is 39.0 Å². The smallest absolute Gasteiger partial charge is 0.260 e. The van der Waals surface area contributed by atoms with Crippen LogP contribution >= 0.6 is 12.4 Å². The molecule has 28 heavy (non-hydrogen) atoms. The third kappa shape index (κ3) is 5.64. The summed E-state index contributed by atoms with van der Waals surface area (Å²) in [5, 5.41) is 12.5. The predicted molar refractivity (Wildman–Crippen MR) is 110 cm³/mol. The number of amides is 1. The fraction of sp³-hybridized carbons (Fsp3) is 0.294. The van der Waals surface area contributed by atoms with Crippen LogP contribution in [0, 0.1) is 26.2 Å². The van der Waals surface area contributed by atoms with Crippen molar-refractivity contribution in [3.8, 4) is 0 Å². The summed E-state index contributed by atoms with van der Waals surface area (Å²) in [4.78, 5) is 21.2. The highest BCUT2D eigenvalue weighted by atomic mass is 35.5. The molecule has 0 saturated heterocycles. The fourth-order valence-corrected chi connectivity index (χ4v) is 3.04. The number of aryl methyl sites for hydroxylation is 3. The number of hydrogen-bond acceptors (Lipinski definition) is 7. The van der Waals surface area contributed by atoms with Gasteiger partial charge in [0.2, 0.25) is 0 Å². The van der Waals surface area contributed by atoms with Gasteiger partial charge in [-0.25, -0.2) is 8.42 Å². The van der Waals surface area contributed by atoms with Crippen molar-refractivity contribution >= 4 is 39.8 Å². The van der Waals surface area contributed by atoms with Crippen LogP contribution in [0.5, 0.6) is 0 Å². The van der Waals surface area contributed by atoms with Crippen LogP contribution in [0.1, 0.15) is 33.1 Å². The summed E-state index contributed by atoms with van der Waals surface area (Å²) in [7, 11) is -3.50. The number of carbonyl (C=O) groups is 1. The molecule has 1 heterocycles. The monoisotopic (exact) mass is 426 g/mol. The number of aromatic nitrogens is 2. The van der Waals surface area contributed by atoms with Crippen LogP contribution in [-0.2, 0) is 16.4 Å². The van der Waals surface area contributed by atoms with Crippen LogP contribution in [0.25, 0.3) is 0 Å². The first-order valence-electron chi connectivity index (χ1n) is 8.03. The molecule has 2 aromatic rings. The molecule has 1 aromatic carbocycles. The van der Waals surface area contributed by atoms with Crippen molar-refractivity contribution in [3.05, 3.63) is 46.5 Å². The van der Waals surface area contributed by atoms with Gasteiger partial charge >= 0.3 is 0 Å². The zero-order valence-electron chi connectivity index (χ0n) is 16.0. The van der Waals surface area contributed by atoms with E-state index in [0.29, 0.717) is 17.9 Å². The summed E-state index contributed by atoms with van der Waals surface area (Å²) in [5.41, 5.74) is 8.78. The van der Waals surface area contributed by atoms with E-state index in [1.807, 2.05) is 20.8 Å². The van der Waals surface area contributed by atoms with Crippen LogP contribution in [-0.4, -0.2) is 36.5 Å². The van der Waals surface area contributed by atoms with Gasteiger partial charge in [-0.2, -0.15) is 0 Å². The van der Waals surface area contributed by atoms with Gasteiger partial charge in [0, 0.05) is 11.9 Å². The van der Waals surface area contributed by atoms with Crippen LogP contribution < -0.4 is 16.4 Å². The highest BCUT2D eigenvalue weighted by molar-refractivity contribution is 7.90. The van der Waals surface area contributed by atoms with E-state index < -0.39 is 21.7 Å². The van der Waals surface area contributed by atoms with E-state index in [4.69, 9.17) is 11.1 Å². The van der Waals surface area contributed by atoms with Gasteiger partial charge in [0.15, 0.2) is 15.8 Å². The number of benzene rings is 1. The molecule has 0 fully saturated rings.